The van der Waals surface area contributed by atoms with Gasteiger partial charge in [0, 0.05) is 12.3 Å². The van der Waals surface area contributed by atoms with Crippen LogP contribution in [0.3, 0.4) is 0 Å². The van der Waals surface area contributed by atoms with Crippen molar-refractivity contribution in [1.82, 2.24) is 0 Å². The number of fused-ring (bicyclic) bond motifs is 1. The van der Waals surface area contributed by atoms with E-state index in [4.69, 9.17) is 0 Å². The number of hydrogen-bond acceptors (Lipinski definition) is 3. The predicted molar refractivity (Wildman–Crippen MR) is 128 cm³/mol. The average molecular weight is 429 g/mol. The fourth-order valence-electron chi connectivity index (χ4n) is 6.32. The maximum absolute atomic E-state index is 10.3. The zero-order valence-corrected chi connectivity index (χ0v) is 20.3. The largest absolute Gasteiger partial charge is 0.393 e. The molecular formula is C28H44O3. The molecule has 0 aliphatic heterocycles. The van der Waals surface area contributed by atoms with Gasteiger partial charge in [0.15, 0.2) is 0 Å². The number of rotatable bonds is 5. The van der Waals surface area contributed by atoms with Crippen molar-refractivity contribution < 1.29 is 15.3 Å². The summed E-state index contributed by atoms with van der Waals surface area (Å²) in [5.41, 5.74) is 2.93. The third-order valence-electron chi connectivity index (χ3n) is 8.75. The normalized spacial score (nSPS) is 39.3. The van der Waals surface area contributed by atoms with Crippen molar-refractivity contribution in [3.05, 3.63) is 47.6 Å². The SMILES string of the molecule is C=C1/C(=C/C=C2\CCC[C@]3(C)[C@@H]([C@H](C)/C=C/[C@@H](C)C(C)(C)O)CC[C@@H]23)C[C@@H](O)C[C@@H]1O. The number of aliphatic hydroxyl groups is 3. The Balaban J connectivity index is 1.76. The standard InChI is InChI=1S/C28H44O3/c1-18(9-10-19(2)27(4,5)31)24-13-14-25-21(8-7-15-28(24,25)6)11-12-22-16-23(29)17-26(30)20(22)3/h9-12,18-19,23-26,29-31H,3,7-8,13-17H2,1-2,4-6H3/b10-9+,21-11+,22-12+/t18-,19-,23-,24-,25+,26+,28-/m1/s1. The van der Waals surface area contributed by atoms with Gasteiger partial charge in [-0.1, -0.05) is 57.2 Å². The van der Waals surface area contributed by atoms with Gasteiger partial charge in [0.1, 0.15) is 0 Å². The first kappa shape index (κ1) is 24.5. The van der Waals surface area contributed by atoms with Crippen molar-refractivity contribution in [1.29, 1.82) is 0 Å². The molecule has 0 spiro atoms. The second-order valence-electron chi connectivity index (χ2n) is 11.4. The summed E-state index contributed by atoms with van der Waals surface area (Å²) in [6.07, 6.45) is 15.0. The number of aliphatic hydroxyl groups excluding tert-OH is 2. The van der Waals surface area contributed by atoms with Crippen molar-refractivity contribution in [3.8, 4) is 0 Å². The second-order valence-corrected chi connectivity index (χ2v) is 11.4. The first-order valence-corrected chi connectivity index (χ1v) is 12.3. The molecule has 0 radical (unpaired) electrons. The molecule has 0 aromatic heterocycles. The van der Waals surface area contributed by atoms with Crippen LogP contribution in [0.25, 0.3) is 0 Å². The summed E-state index contributed by atoms with van der Waals surface area (Å²) < 4.78 is 0. The van der Waals surface area contributed by atoms with Gasteiger partial charge >= 0.3 is 0 Å². The van der Waals surface area contributed by atoms with E-state index in [1.54, 1.807) is 0 Å². The maximum Gasteiger partial charge on any atom is 0.0811 e. The Morgan fingerprint density at radius 1 is 1.13 bits per heavy atom. The molecule has 3 nitrogen and oxygen atoms in total. The highest BCUT2D eigenvalue weighted by Gasteiger charge is 2.50. The molecule has 3 N–H and O–H groups in total. The number of hydrogen-bond donors (Lipinski definition) is 3. The van der Waals surface area contributed by atoms with Crippen molar-refractivity contribution in [2.45, 2.75) is 97.4 Å². The summed E-state index contributed by atoms with van der Waals surface area (Å²) in [4.78, 5) is 0. The Morgan fingerprint density at radius 3 is 2.52 bits per heavy atom. The van der Waals surface area contributed by atoms with Crippen LogP contribution >= 0.6 is 0 Å². The minimum Gasteiger partial charge on any atom is -0.393 e. The highest BCUT2D eigenvalue weighted by molar-refractivity contribution is 5.38. The minimum atomic E-state index is -0.684. The fraction of sp³-hybridized carbons (Fsp3) is 0.714. The smallest absolute Gasteiger partial charge is 0.0811 e. The Kier molecular flexibility index (Phi) is 7.40. The van der Waals surface area contributed by atoms with Crippen LogP contribution in [0.5, 0.6) is 0 Å². The van der Waals surface area contributed by atoms with Gasteiger partial charge in [0.05, 0.1) is 17.8 Å². The van der Waals surface area contributed by atoms with Crippen LogP contribution in [0.4, 0.5) is 0 Å². The van der Waals surface area contributed by atoms with Gasteiger partial charge in [-0.25, -0.2) is 0 Å². The Labute approximate surface area is 189 Å². The molecule has 0 bridgehead atoms. The zero-order valence-electron chi connectivity index (χ0n) is 20.3. The minimum absolute atomic E-state index is 0.141. The van der Waals surface area contributed by atoms with Crippen molar-refractivity contribution in [2.75, 3.05) is 0 Å². The van der Waals surface area contributed by atoms with Gasteiger partial charge in [-0.2, -0.15) is 0 Å². The highest BCUT2D eigenvalue weighted by Crippen LogP contribution is 2.59. The molecule has 0 aromatic carbocycles. The zero-order chi connectivity index (χ0) is 23.0. The predicted octanol–water partition coefficient (Wildman–Crippen LogP) is 5.73. The molecule has 3 saturated carbocycles. The fourth-order valence-corrected chi connectivity index (χ4v) is 6.32. The van der Waals surface area contributed by atoms with E-state index in [1.165, 1.54) is 31.3 Å². The van der Waals surface area contributed by atoms with E-state index < -0.39 is 17.8 Å². The maximum atomic E-state index is 10.3. The molecule has 0 heterocycles. The molecule has 31 heavy (non-hydrogen) atoms. The van der Waals surface area contributed by atoms with Gasteiger partial charge in [-0.3, -0.25) is 0 Å². The van der Waals surface area contributed by atoms with E-state index in [-0.39, 0.29) is 5.92 Å². The first-order valence-electron chi connectivity index (χ1n) is 12.3. The van der Waals surface area contributed by atoms with E-state index in [1.807, 2.05) is 13.8 Å². The quantitative estimate of drug-likeness (QED) is 0.490. The van der Waals surface area contributed by atoms with Crippen LogP contribution in [0.15, 0.2) is 47.6 Å². The summed E-state index contributed by atoms with van der Waals surface area (Å²) in [6, 6.07) is 0. The van der Waals surface area contributed by atoms with Crippen LogP contribution in [-0.2, 0) is 0 Å². The summed E-state index contributed by atoms with van der Waals surface area (Å²) in [7, 11) is 0. The van der Waals surface area contributed by atoms with E-state index in [2.05, 4.69) is 51.7 Å². The van der Waals surface area contributed by atoms with E-state index >= 15 is 0 Å². The second kappa shape index (κ2) is 9.37. The van der Waals surface area contributed by atoms with Gasteiger partial charge in [-0.05, 0) is 86.7 Å². The summed E-state index contributed by atoms with van der Waals surface area (Å²) >= 11 is 0. The lowest BCUT2D eigenvalue weighted by Gasteiger charge is -2.44. The molecule has 3 fully saturated rings. The van der Waals surface area contributed by atoms with Gasteiger partial charge in [0.2, 0.25) is 0 Å². The third kappa shape index (κ3) is 5.26. The molecule has 3 heteroatoms. The summed E-state index contributed by atoms with van der Waals surface area (Å²) in [5.74, 6) is 1.91. The van der Waals surface area contributed by atoms with E-state index in [9.17, 15) is 15.3 Å². The topological polar surface area (TPSA) is 60.7 Å². The first-order chi connectivity index (χ1) is 14.4. The van der Waals surface area contributed by atoms with Crippen molar-refractivity contribution >= 4 is 0 Å². The van der Waals surface area contributed by atoms with E-state index in [0.717, 1.165) is 17.6 Å². The Hall–Kier alpha value is -1.16. The average Bonchev–Trinajstić information content (AvgIpc) is 3.04. The lowest BCUT2D eigenvalue weighted by Crippen LogP contribution is -2.35. The molecule has 3 rings (SSSR count). The van der Waals surface area contributed by atoms with Gasteiger partial charge < -0.3 is 15.3 Å². The number of allylic oxidation sites excluding steroid dienone is 4. The van der Waals surface area contributed by atoms with E-state index in [0.29, 0.717) is 36.0 Å². The molecule has 0 aromatic rings. The van der Waals surface area contributed by atoms with Crippen LogP contribution in [0.1, 0.15) is 79.6 Å². The monoisotopic (exact) mass is 428 g/mol. The molecule has 7 atom stereocenters. The summed E-state index contributed by atoms with van der Waals surface area (Å²) in [6.45, 7) is 14.7. The van der Waals surface area contributed by atoms with Crippen molar-refractivity contribution in [3.63, 3.8) is 0 Å². The molecule has 174 valence electrons. The lowest BCUT2D eigenvalue weighted by molar-refractivity contribution is 0.0436. The Bertz CT molecular complexity index is 753. The lowest BCUT2D eigenvalue weighted by atomic mass is 9.61. The van der Waals surface area contributed by atoms with Gasteiger partial charge in [-0.15, -0.1) is 0 Å². The van der Waals surface area contributed by atoms with Crippen LogP contribution < -0.4 is 0 Å². The molecule has 0 saturated heterocycles. The Morgan fingerprint density at radius 2 is 1.84 bits per heavy atom. The van der Waals surface area contributed by atoms with Gasteiger partial charge in [0.25, 0.3) is 0 Å². The third-order valence-corrected chi connectivity index (χ3v) is 8.75. The molecule has 3 aliphatic rings. The molecular weight excluding hydrogens is 384 g/mol. The highest BCUT2D eigenvalue weighted by atomic mass is 16.3. The molecule has 3 aliphatic carbocycles. The summed E-state index contributed by atoms with van der Waals surface area (Å²) in [5, 5.41) is 30.4. The van der Waals surface area contributed by atoms with Crippen LogP contribution in [0.2, 0.25) is 0 Å². The molecule has 0 amide bonds. The van der Waals surface area contributed by atoms with Crippen molar-refractivity contribution in [2.24, 2.45) is 29.1 Å². The van der Waals surface area contributed by atoms with Crippen LogP contribution in [-0.4, -0.2) is 33.1 Å². The molecule has 0 unspecified atom stereocenters. The van der Waals surface area contributed by atoms with Crippen LogP contribution in [0, 0.1) is 29.1 Å².